The summed E-state index contributed by atoms with van der Waals surface area (Å²) in [4.78, 5) is 10.8. The third-order valence-electron chi connectivity index (χ3n) is 1.21. The molecule has 0 aliphatic heterocycles. The molecule has 0 aromatic carbocycles. The molecule has 1 rings (SSSR count). The first kappa shape index (κ1) is 7.55. The Balaban J connectivity index is 2.84. The highest BCUT2D eigenvalue weighted by molar-refractivity contribution is 5.74. The van der Waals surface area contributed by atoms with Crippen LogP contribution in [-0.4, -0.2) is 26.2 Å². The van der Waals surface area contributed by atoms with Gasteiger partial charge in [-0.05, 0) is 0 Å². The van der Waals surface area contributed by atoms with E-state index in [0.717, 1.165) is 6.20 Å². The van der Waals surface area contributed by atoms with Crippen LogP contribution in [0, 0.1) is 0 Å². The van der Waals surface area contributed by atoms with Gasteiger partial charge in [0.15, 0.2) is 0 Å². The molecule has 0 aliphatic carbocycles. The summed E-state index contributed by atoms with van der Waals surface area (Å²) in [5.74, 6) is -1.15. The van der Waals surface area contributed by atoms with Gasteiger partial charge in [-0.3, -0.25) is 4.79 Å². The van der Waals surface area contributed by atoms with Crippen molar-refractivity contribution in [3.8, 4) is 0 Å². The van der Waals surface area contributed by atoms with Crippen LogP contribution in [0.3, 0.4) is 0 Å². The summed E-state index contributed by atoms with van der Waals surface area (Å²) >= 11 is 0. The number of nitrogens with two attached hydrogens (primary N) is 1. The molecular formula is C5H7N3O3. The van der Waals surface area contributed by atoms with Crippen LogP contribution in [0.15, 0.2) is 12.4 Å². The lowest BCUT2D eigenvalue weighted by Crippen LogP contribution is -2.19. The van der Waals surface area contributed by atoms with Gasteiger partial charge < -0.3 is 16.0 Å². The Hall–Kier alpha value is -1.56. The molecule has 1 atom stereocenters. The normalized spacial score (nSPS) is 12.8. The summed E-state index contributed by atoms with van der Waals surface area (Å²) in [6.07, 6.45) is 2.33. The lowest BCUT2D eigenvalue weighted by atomic mass is 10.2. The van der Waals surface area contributed by atoms with Crippen molar-refractivity contribution in [1.29, 1.82) is 0 Å². The molecule has 0 saturated heterocycles. The van der Waals surface area contributed by atoms with Crippen LogP contribution in [0.1, 0.15) is 11.6 Å². The summed E-state index contributed by atoms with van der Waals surface area (Å²) < 4.78 is 0. The topological polar surface area (TPSA) is 101 Å². The molecule has 60 valence electrons. The zero-order chi connectivity index (χ0) is 8.43. The molecule has 4 N–H and O–H groups in total. The van der Waals surface area contributed by atoms with Gasteiger partial charge >= 0.3 is 5.97 Å². The van der Waals surface area contributed by atoms with Gasteiger partial charge in [-0.1, -0.05) is 0 Å². The minimum Gasteiger partial charge on any atom is -0.480 e. The van der Waals surface area contributed by atoms with E-state index < -0.39 is 12.0 Å². The Labute approximate surface area is 61.8 Å². The molecule has 0 radical (unpaired) electrons. The minimum absolute atomic E-state index is 0.264. The third-order valence-corrected chi connectivity index (χ3v) is 1.21. The van der Waals surface area contributed by atoms with E-state index in [1.54, 1.807) is 0 Å². The highest BCUT2D eigenvalue weighted by atomic mass is 16.5. The minimum atomic E-state index is -1.15. The van der Waals surface area contributed by atoms with Crippen molar-refractivity contribution in [2.45, 2.75) is 6.04 Å². The van der Waals surface area contributed by atoms with Gasteiger partial charge in [0.2, 0.25) is 0 Å². The first-order chi connectivity index (χ1) is 5.11. The second kappa shape index (κ2) is 2.59. The smallest absolute Gasteiger partial charge is 0.325 e. The largest absolute Gasteiger partial charge is 0.480 e. The Morgan fingerprint density at radius 2 is 2.45 bits per heavy atom. The average Bonchev–Trinajstić information content (AvgIpc) is 2.34. The first-order valence-corrected chi connectivity index (χ1v) is 2.83. The van der Waals surface area contributed by atoms with Crippen molar-refractivity contribution < 1.29 is 15.1 Å². The first-order valence-electron chi connectivity index (χ1n) is 2.83. The summed E-state index contributed by atoms with van der Waals surface area (Å²) in [7, 11) is 0. The van der Waals surface area contributed by atoms with E-state index in [-0.39, 0.29) is 5.56 Å². The molecule has 0 amide bonds. The fraction of sp³-hybridized carbons (Fsp3) is 0.200. The zero-order valence-corrected chi connectivity index (χ0v) is 5.51. The number of carboxylic acid groups (broad SMARTS) is 1. The Bertz CT molecular complexity index is 270. The Morgan fingerprint density at radius 3 is 2.82 bits per heavy atom. The van der Waals surface area contributed by atoms with Crippen molar-refractivity contribution in [2.75, 3.05) is 0 Å². The standard InChI is InChI=1S/C5H7N3O3/c6-4(5(9)10)3-1-7-8(11)2-3/h1-2,4,11H,6H2,(H,9,10). The molecule has 11 heavy (non-hydrogen) atoms. The maximum atomic E-state index is 10.3. The molecule has 1 heterocycles. The molecule has 0 bridgehead atoms. The molecule has 6 heteroatoms. The lowest BCUT2D eigenvalue weighted by molar-refractivity contribution is -0.138. The van der Waals surface area contributed by atoms with Crippen molar-refractivity contribution >= 4 is 5.97 Å². The molecule has 0 aliphatic rings. The lowest BCUT2D eigenvalue weighted by Gasteiger charge is -1.99. The SMILES string of the molecule is NC(C(=O)O)c1cnn(O)c1. The predicted octanol–water partition coefficient (Wildman–Crippen LogP) is -0.795. The molecule has 0 saturated carbocycles. The van der Waals surface area contributed by atoms with E-state index >= 15 is 0 Å². The average molecular weight is 157 g/mol. The summed E-state index contributed by atoms with van der Waals surface area (Å²) in [5.41, 5.74) is 5.45. The summed E-state index contributed by atoms with van der Waals surface area (Å²) in [6, 6.07) is -1.13. The molecule has 1 aromatic heterocycles. The van der Waals surface area contributed by atoms with Crippen molar-refractivity contribution in [3.63, 3.8) is 0 Å². The van der Waals surface area contributed by atoms with Crippen LogP contribution in [-0.2, 0) is 4.79 Å². The molecule has 6 nitrogen and oxygen atoms in total. The van der Waals surface area contributed by atoms with Crippen molar-refractivity contribution in [3.05, 3.63) is 18.0 Å². The molecule has 0 fully saturated rings. The van der Waals surface area contributed by atoms with Crippen LogP contribution in [0.5, 0.6) is 0 Å². The van der Waals surface area contributed by atoms with Crippen LogP contribution < -0.4 is 5.73 Å². The number of hydrogen-bond donors (Lipinski definition) is 3. The Morgan fingerprint density at radius 1 is 1.82 bits per heavy atom. The van der Waals surface area contributed by atoms with Crippen LogP contribution in [0.2, 0.25) is 0 Å². The molecule has 1 unspecified atom stereocenters. The van der Waals surface area contributed by atoms with Gasteiger partial charge in [-0.2, -0.15) is 0 Å². The Kier molecular flexibility index (Phi) is 1.77. The number of aromatic nitrogens is 2. The van der Waals surface area contributed by atoms with Gasteiger partial charge in [0, 0.05) is 5.56 Å². The predicted molar refractivity (Wildman–Crippen MR) is 34.0 cm³/mol. The zero-order valence-electron chi connectivity index (χ0n) is 5.51. The second-order valence-corrected chi connectivity index (χ2v) is 2.01. The van der Waals surface area contributed by atoms with Gasteiger partial charge in [0.1, 0.15) is 6.04 Å². The third kappa shape index (κ3) is 1.47. The van der Waals surface area contributed by atoms with Gasteiger partial charge in [-0.15, -0.1) is 9.94 Å². The molecule has 0 spiro atoms. The van der Waals surface area contributed by atoms with E-state index in [0.29, 0.717) is 4.85 Å². The van der Waals surface area contributed by atoms with Crippen molar-refractivity contribution in [2.24, 2.45) is 5.73 Å². The van der Waals surface area contributed by atoms with E-state index in [4.69, 9.17) is 16.0 Å². The number of nitrogens with zero attached hydrogens (tertiary/aromatic N) is 2. The summed E-state index contributed by atoms with van der Waals surface area (Å²) in [5, 5.41) is 20.4. The van der Waals surface area contributed by atoms with Crippen LogP contribution in [0.4, 0.5) is 0 Å². The number of aliphatic carboxylic acids is 1. The fourth-order valence-electron chi connectivity index (χ4n) is 0.629. The monoisotopic (exact) mass is 157 g/mol. The van der Waals surface area contributed by atoms with E-state index in [2.05, 4.69) is 5.10 Å². The number of carbonyl (C=O) groups is 1. The number of hydrogen-bond acceptors (Lipinski definition) is 4. The van der Waals surface area contributed by atoms with Gasteiger partial charge in [0.25, 0.3) is 0 Å². The van der Waals surface area contributed by atoms with Crippen molar-refractivity contribution in [1.82, 2.24) is 9.94 Å². The summed E-state index contributed by atoms with van der Waals surface area (Å²) in [6.45, 7) is 0. The highest BCUT2D eigenvalue weighted by Crippen LogP contribution is 2.07. The highest BCUT2D eigenvalue weighted by Gasteiger charge is 2.15. The fourth-order valence-corrected chi connectivity index (χ4v) is 0.629. The van der Waals surface area contributed by atoms with E-state index in [9.17, 15) is 4.79 Å². The van der Waals surface area contributed by atoms with Gasteiger partial charge in [-0.25, -0.2) is 0 Å². The second-order valence-electron chi connectivity index (χ2n) is 2.01. The maximum Gasteiger partial charge on any atom is 0.325 e. The van der Waals surface area contributed by atoms with E-state index in [1.807, 2.05) is 0 Å². The maximum absolute atomic E-state index is 10.3. The number of rotatable bonds is 2. The molecule has 1 aromatic rings. The quantitative estimate of drug-likeness (QED) is 0.488. The van der Waals surface area contributed by atoms with Gasteiger partial charge in [0.05, 0.1) is 12.4 Å². The van der Waals surface area contributed by atoms with Crippen LogP contribution in [0.25, 0.3) is 0 Å². The van der Waals surface area contributed by atoms with Crippen LogP contribution >= 0.6 is 0 Å². The number of carboxylic acids is 1. The van der Waals surface area contributed by atoms with E-state index in [1.165, 1.54) is 6.20 Å². The molecular weight excluding hydrogens is 150 g/mol.